The van der Waals surface area contributed by atoms with Crippen LogP contribution in [0.4, 0.5) is 4.79 Å². The van der Waals surface area contributed by atoms with Crippen molar-refractivity contribution in [2.24, 2.45) is 5.41 Å². The van der Waals surface area contributed by atoms with Crippen LogP contribution in [0, 0.1) is 5.41 Å². The van der Waals surface area contributed by atoms with Crippen molar-refractivity contribution in [1.29, 1.82) is 0 Å². The van der Waals surface area contributed by atoms with Crippen LogP contribution in [0.5, 0.6) is 0 Å². The van der Waals surface area contributed by atoms with Crippen LogP contribution in [0.1, 0.15) is 38.5 Å². The second kappa shape index (κ2) is 5.67. The Labute approximate surface area is 114 Å². The third kappa shape index (κ3) is 2.87. The van der Waals surface area contributed by atoms with Crippen LogP contribution < -0.4 is 5.32 Å². The van der Waals surface area contributed by atoms with Crippen molar-refractivity contribution in [1.82, 2.24) is 5.32 Å². The van der Waals surface area contributed by atoms with Crippen LogP contribution in [0.25, 0.3) is 0 Å². The largest absolute Gasteiger partial charge is 0.446 e. The highest BCUT2D eigenvalue weighted by molar-refractivity contribution is 5.68. The van der Waals surface area contributed by atoms with E-state index in [1.165, 1.54) is 6.42 Å². The van der Waals surface area contributed by atoms with Crippen LogP contribution >= 0.6 is 0 Å². The Bertz CT molecular complexity index is 321. The molecule has 0 radical (unpaired) electrons. The minimum atomic E-state index is -0.248. The Morgan fingerprint density at radius 2 is 1.68 bits per heavy atom. The summed E-state index contributed by atoms with van der Waals surface area (Å²) < 4.78 is 16.1. The molecule has 5 nitrogen and oxygen atoms in total. The van der Waals surface area contributed by atoms with Gasteiger partial charge in [0.1, 0.15) is 6.10 Å². The molecular formula is C14H23NO4. The standard InChI is InChI=1S/C14H23NO4/c16-13(19-11-2-7-17-8-3-11)15-12-1-4-14(12)5-9-18-10-6-14/h11-12H,1-10H2,(H,15,16). The molecule has 1 aliphatic carbocycles. The molecule has 3 fully saturated rings. The molecule has 19 heavy (non-hydrogen) atoms. The van der Waals surface area contributed by atoms with Gasteiger partial charge in [-0.25, -0.2) is 4.79 Å². The first-order valence-corrected chi connectivity index (χ1v) is 7.41. The van der Waals surface area contributed by atoms with E-state index in [1.807, 2.05) is 0 Å². The van der Waals surface area contributed by atoms with Crippen molar-refractivity contribution in [3.8, 4) is 0 Å². The molecule has 2 heterocycles. The molecule has 5 heteroatoms. The molecular weight excluding hydrogens is 246 g/mol. The summed E-state index contributed by atoms with van der Waals surface area (Å²) in [5.74, 6) is 0. The van der Waals surface area contributed by atoms with E-state index < -0.39 is 0 Å². The van der Waals surface area contributed by atoms with Crippen molar-refractivity contribution < 1.29 is 19.0 Å². The van der Waals surface area contributed by atoms with Gasteiger partial charge in [0.25, 0.3) is 0 Å². The van der Waals surface area contributed by atoms with Gasteiger partial charge in [0.2, 0.25) is 0 Å². The molecule has 1 amide bonds. The summed E-state index contributed by atoms with van der Waals surface area (Å²) in [5.41, 5.74) is 0.285. The number of nitrogens with one attached hydrogen (secondary N) is 1. The van der Waals surface area contributed by atoms with Crippen LogP contribution in [-0.2, 0) is 14.2 Å². The molecule has 2 saturated heterocycles. The predicted octanol–water partition coefficient (Wildman–Crippen LogP) is 1.85. The van der Waals surface area contributed by atoms with Crippen molar-refractivity contribution >= 4 is 6.09 Å². The molecule has 108 valence electrons. The molecule has 3 aliphatic rings. The minimum absolute atomic E-state index is 0.0273. The number of hydrogen-bond donors (Lipinski definition) is 1. The van der Waals surface area contributed by atoms with Gasteiger partial charge in [0, 0.05) is 32.1 Å². The predicted molar refractivity (Wildman–Crippen MR) is 69.0 cm³/mol. The summed E-state index contributed by atoms with van der Waals surface area (Å²) in [6.45, 7) is 3.05. The molecule has 0 aromatic heterocycles. The summed E-state index contributed by atoms with van der Waals surface area (Å²) in [4.78, 5) is 11.9. The average molecular weight is 269 g/mol. The van der Waals surface area contributed by atoms with Gasteiger partial charge in [-0.3, -0.25) is 0 Å². The highest BCUT2D eigenvalue weighted by Gasteiger charge is 2.48. The second-order valence-corrected chi connectivity index (χ2v) is 5.93. The zero-order valence-corrected chi connectivity index (χ0v) is 11.4. The fraction of sp³-hybridized carbons (Fsp3) is 0.929. The molecule has 1 spiro atoms. The lowest BCUT2D eigenvalue weighted by atomic mass is 9.60. The van der Waals surface area contributed by atoms with Crippen LogP contribution in [-0.4, -0.2) is 44.7 Å². The number of ether oxygens (including phenoxy) is 3. The zero-order valence-electron chi connectivity index (χ0n) is 11.4. The number of rotatable bonds is 2. The lowest BCUT2D eigenvalue weighted by Crippen LogP contribution is -2.57. The van der Waals surface area contributed by atoms with E-state index >= 15 is 0 Å². The first kappa shape index (κ1) is 13.2. The van der Waals surface area contributed by atoms with Crippen LogP contribution in [0.2, 0.25) is 0 Å². The summed E-state index contributed by atoms with van der Waals surface area (Å²) in [6, 6.07) is 0.281. The molecule has 2 aliphatic heterocycles. The molecule has 1 atom stereocenters. The van der Waals surface area contributed by atoms with E-state index in [2.05, 4.69) is 5.32 Å². The fourth-order valence-electron chi connectivity index (χ4n) is 3.42. The number of carbonyl (C=O) groups excluding carboxylic acids is 1. The smallest absolute Gasteiger partial charge is 0.407 e. The van der Waals surface area contributed by atoms with Crippen molar-refractivity contribution in [3.05, 3.63) is 0 Å². The van der Waals surface area contributed by atoms with Gasteiger partial charge in [0.05, 0.1) is 13.2 Å². The van der Waals surface area contributed by atoms with Gasteiger partial charge in [-0.15, -0.1) is 0 Å². The number of hydrogen-bond acceptors (Lipinski definition) is 4. The van der Waals surface area contributed by atoms with E-state index in [0.717, 1.165) is 45.3 Å². The topological polar surface area (TPSA) is 56.8 Å². The lowest BCUT2D eigenvalue weighted by Gasteiger charge is -2.51. The number of amides is 1. The van der Waals surface area contributed by atoms with Gasteiger partial charge in [0.15, 0.2) is 0 Å². The Morgan fingerprint density at radius 3 is 2.32 bits per heavy atom. The SMILES string of the molecule is O=C(NC1CCC12CCOCC2)OC1CCOCC1. The molecule has 0 aromatic carbocycles. The highest BCUT2D eigenvalue weighted by Crippen LogP contribution is 2.48. The van der Waals surface area contributed by atoms with Gasteiger partial charge < -0.3 is 19.5 Å². The third-order valence-electron chi connectivity index (χ3n) is 4.89. The maximum atomic E-state index is 11.9. The molecule has 1 saturated carbocycles. The highest BCUT2D eigenvalue weighted by atomic mass is 16.6. The first-order valence-electron chi connectivity index (χ1n) is 7.41. The third-order valence-corrected chi connectivity index (χ3v) is 4.89. The zero-order chi connectivity index (χ0) is 13.1. The van der Waals surface area contributed by atoms with E-state index in [-0.39, 0.29) is 23.7 Å². The molecule has 0 aromatic rings. The number of alkyl carbamates (subject to hydrolysis) is 1. The maximum Gasteiger partial charge on any atom is 0.407 e. The van der Waals surface area contributed by atoms with E-state index in [4.69, 9.17) is 14.2 Å². The summed E-state index contributed by atoms with van der Waals surface area (Å²) >= 11 is 0. The average Bonchev–Trinajstić information content (AvgIpc) is 2.46. The van der Waals surface area contributed by atoms with Crippen LogP contribution in [0.3, 0.4) is 0 Å². The maximum absolute atomic E-state index is 11.9. The Kier molecular flexibility index (Phi) is 3.93. The quantitative estimate of drug-likeness (QED) is 0.831. The van der Waals surface area contributed by atoms with E-state index in [1.54, 1.807) is 0 Å². The van der Waals surface area contributed by atoms with Crippen LogP contribution in [0.15, 0.2) is 0 Å². The lowest BCUT2D eigenvalue weighted by molar-refractivity contribution is -0.0573. The van der Waals surface area contributed by atoms with Crippen molar-refractivity contribution in [2.75, 3.05) is 26.4 Å². The monoisotopic (exact) mass is 269 g/mol. The molecule has 1 N–H and O–H groups in total. The summed E-state index contributed by atoms with van der Waals surface area (Å²) in [6.07, 6.45) is 5.82. The molecule has 3 rings (SSSR count). The van der Waals surface area contributed by atoms with E-state index in [0.29, 0.717) is 13.2 Å². The fourth-order valence-corrected chi connectivity index (χ4v) is 3.42. The first-order chi connectivity index (χ1) is 9.28. The second-order valence-electron chi connectivity index (χ2n) is 5.93. The summed E-state index contributed by atoms with van der Waals surface area (Å²) in [5, 5.41) is 3.07. The van der Waals surface area contributed by atoms with E-state index in [9.17, 15) is 4.79 Å². The van der Waals surface area contributed by atoms with Crippen molar-refractivity contribution in [3.63, 3.8) is 0 Å². The van der Waals surface area contributed by atoms with Crippen molar-refractivity contribution in [2.45, 2.75) is 50.7 Å². The Morgan fingerprint density at radius 1 is 1.00 bits per heavy atom. The minimum Gasteiger partial charge on any atom is -0.446 e. The van der Waals surface area contributed by atoms with Gasteiger partial charge in [-0.2, -0.15) is 0 Å². The number of carbonyl (C=O) groups is 1. The molecule has 1 unspecified atom stereocenters. The Balaban J connectivity index is 1.46. The van der Waals surface area contributed by atoms with Gasteiger partial charge >= 0.3 is 6.09 Å². The normalized spacial score (nSPS) is 30.6. The van der Waals surface area contributed by atoms with Gasteiger partial charge in [-0.1, -0.05) is 0 Å². The Hall–Kier alpha value is -0.810. The molecule has 0 bridgehead atoms. The van der Waals surface area contributed by atoms with Gasteiger partial charge in [-0.05, 0) is 31.1 Å². The summed E-state index contributed by atoms with van der Waals surface area (Å²) in [7, 11) is 0.